The van der Waals surface area contributed by atoms with Gasteiger partial charge in [-0.15, -0.1) is 0 Å². The van der Waals surface area contributed by atoms with Crippen LogP contribution in [0.1, 0.15) is 23.6 Å². The van der Waals surface area contributed by atoms with Gasteiger partial charge in [-0.3, -0.25) is 4.79 Å². The largest absolute Gasteiger partial charge is 0.346 e. The van der Waals surface area contributed by atoms with Crippen LogP contribution in [0.15, 0.2) is 54.6 Å². The molecular weight excluding hydrogens is 326 g/mol. The highest BCUT2D eigenvalue weighted by atomic mass is 79.9. The first-order valence-corrected chi connectivity index (χ1v) is 8.14. The topological polar surface area (TPSA) is 29.1 Å². The molecule has 1 N–H and O–H groups in total. The number of nitrogens with one attached hydrogen (secondary N) is 1. The maximum absolute atomic E-state index is 12.4. The molecule has 1 atom stereocenters. The van der Waals surface area contributed by atoms with Crippen molar-refractivity contribution >= 4 is 21.8 Å². The van der Waals surface area contributed by atoms with Gasteiger partial charge in [0.1, 0.15) is 0 Å². The van der Waals surface area contributed by atoms with Crippen molar-refractivity contribution < 1.29 is 4.79 Å². The third-order valence-corrected chi connectivity index (χ3v) is 4.83. The summed E-state index contributed by atoms with van der Waals surface area (Å²) in [5, 5.41) is 3.82. The van der Waals surface area contributed by atoms with E-state index in [0.29, 0.717) is 11.8 Å². The van der Waals surface area contributed by atoms with Crippen molar-refractivity contribution in [2.45, 2.75) is 25.8 Å². The van der Waals surface area contributed by atoms with Gasteiger partial charge in [-0.1, -0.05) is 70.5 Å². The molecule has 0 aliphatic rings. The zero-order chi connectivity index (χ0) is 15.3. The number of aryl methyl sites for hydroxylation is 1. The normalized spacial score (nSPS) is 13.5. The lowest BCUT2D eigenvalue weighted by atomic mass is 9.93. The van der Waals surface area contributed by atoms with E-state index in [2.05, 4.69) is 21.2 Å². The molecule has 0 aliphatic heterocycles. The summed E-state index contributed by atoms with van der Waals surface area (Å²) in [6, 6.07) is 18.0. The van der Waals surface area contributed by atoms with Crippen LogP contribution < -0.4 is 5.32 Å². The lowest BCUT2D eigenvalue weighted by Crippen LogP contribution is -2.45. The SMILES string of the molecule is Cc1ccccc1CC(=O)NC(C)(CBr)c1ccccc1. The molecule has 2 aromatic carbocycles. The maximum Gasteiger partial charge on any atom is 0.225 e. The Labute approximate surface area is 134 Å². The van der Waals surface area contributed by atoms with Gasteiger partial charge in [-0.05, 0) is 30.5 Å². The minimum Gasteiger partial charge on any atom is -0.346 e. The van der Waals surface area contributed by atoms with Crippen LogP contribution in [-0.2, 0) is 16.8 Å². The van der Waals surface area contributed by atoms with Gasteiger partial charge in [-0.25, -0.2) is 0 Å². The quantitative estimate of drug-likeness (QED) is 0.816. The van der Waals surface area contributed by atoms with E-state index in [-0.39, 0.29) is 5.91 Å². The number of benzene rings is 2. The zero-order valence-corrected chi connectivity index (χ0v) is 14.0. The first-order valence-electron chi connectivity index (χ1n) is 7.02. The molecule has 0 saturated heterocycles. The summed E-state index contributed by atoms with van der Waals surface area (Å²) in [4.78, 5) is 12.4. The van der Waals surface area contributed by atoms with Gasteiger partial charge in [0.15, 0.2) is 0 Å². The molecule has 0 bridgehead atoms. The molecule has 2 rings (SSSR count). The van der Waals surface area contributed by atoms with Crippen molar-refractivity contribution in [3.63, 3.8) is 0 Å². The van der Waals surface area contributed by atoms with Crippen LogP contribution in [-0.4, -0.2) is 11.2 Å². The summed E-state index contributed by atoms with van der Waals surface area (Å²) in [5.74, 6) is 0.0371. The Kier molecular flexibility index (Phi) is 5.18. The van der Waals surface area contributed by atoms with Crippen molar-refractivity contribution in [1.82, 2.24) is 5.32 Å². The summed E-state index contributed by atoms with van der Waals surface area (Å²) < 4.78 is 0. The molecule has 0 spiro atoms. The fourth-order valence-corrected chi connectivity index (χ4v) is 2.79. The third kappa shape index (κ3) is 3.94. The summed E-state index contributed by atoms with van der Waals surface area (Å²) in [5.41, 5.74) is 2.91. The second kappa shape index (κ2) is 6.90. The first-order chi connectivity index (χ1) is 10.0. The average Bonchev–Trinajstić information content (AvgIpc) is 2.50. The Morgan fingerprint density at radius 2 is 1.71 bits per heavy atom. The number of carbonyl (C=O) groups is 1. The van der Waals surface area contributed by atoms with Crippen LogP contribution in [0.3, 0.4) is 0 Å². The van der Waals surface area contributed by atoms with E-state index in [4.69, 9.17) is 0 Å². The lowest BCUT2D eigenvalue weighted by molar-refractivity contribution is -0.122. The number of carbonyl (C=O) groups excluding carboxylic acids is 1. The highest BCUT2D eigenvalue weighted by Gasteiger charge is 2.27. The molecule has 0 heterocycles. The molecule has 0 radical (unpaired) electrons. The number of amides is 1. The van der Waals surface area contributed by atoms with Crippen molar-refractivity contribution in [1.29, 1.82) is 0 Å². The standard InChI is InChI=1S/C18H20BrNO/c1-14-8-6-7-9-15(14)12-17(21)20-18(2,13-19)16-10-4-3-5-11-16/h3-11H,12-13H2,1-2H3,(H,20,21). The van der Waals surface area contributed by atoms with Crippen LogP contribution in [0.4, 0.5) is 0 Å². The molecule has 110 valence electrons. The van der Waals surface area contributed by atoms with Crippen LogP contribution in [0.2, 0.25) is 0 Å². The first kappa shape index (κ1) is 15.8. The summed E-state index contributed by atoms with van der Waals surface area (Å²) in [7, 11) is 0. The van der Waals surface area contributed by atoms with Crippen molar-refractivity contribution in [2.75, 3.05) is 5.33 Å². The predicted octanol–water partition coefficient (Wildman–Crippen LogP) is 3.96. The summed E-state index contributed by atoms with van der Waals surface area (Å²) in [6.45, 7) is 4.07. The second-order valence-corrected chi connectivity index (χ2v) is 6.04. The van der Waals surface area contributed by atoms with E-state index < -0.39 is 5.54 Å². The van der Waals surface area contributed by atoms with Crippen molar-refractivity contribution in [3.05, 3.63) is 71.3 Å². The predicted molar refractivity (Wildman–Crippen MR) is 90.6 cm³/mol. The molecule has 2 nitrogen and oxygen atoms in total. The van der Waals surface area contributed by atoms with E-state index in [9.17, 15) is 4.79 Å². The van der Waals surface area contributed by atoms with Gasteiger partial charge in [0, 0.05) is 5.33 Å². The Hall–Kier alpha value is -1.61. The number of rotatable bonds is 5. The average molecular weight is 346 g/mol. The zero-order valence-electron chi connectivity index (χ0n) is 12.4. The van der Waals surface area contributed by atoms with E-state index in [1.165, 1.54) is 0 Å². The Bertz CT molecular complexity index is 612. The van der Waals surface area contributed by atoms with E-state index in [1.807, 2.05) is 68.4 Å². The molecular formula is C18H20BrNO. The number of hydrogen-bond acceptors (Lipinski definition) is 1. The molecule has 21 heavy (non-hydrogen) atoms. The number of hydrogen-bond donors (Lipinski definition) is 1. The Balaban J connectivity index is 2.12. The van der Waals surface area contributed by atoms with Crippen LogP contribution >= 0.6 is 15.9 Å². The maximum atomic E-state index is 12.4. The fraction of sp³-hybridized carbons (Fsp3) is 0.278. The minimum absolute atomic E-state index is 0.0371. The molecule has 3 heteroatoms. The fourth-order valence-electron chi connectivity index (χ4n) is 2.32. The molecule has 0 aliphatic carbocycles. The number of alkyl halides is 1. The Morgan fingerprint density at radius 3 is 2.33 bits per heavy atom. The van der Waals surface area contributed by atoms with Crippen molar-refractivity contribution in [2.24, 2.45) is 0 Å². The van der Waals surface area contributed by atoms with Crippen LogP contribution in [0.5, 0.6) is 0 Å². The molecule has 1 amide bonds. The minimum atomic E-state index is -0.402. The van der Waals surface area contributed by atoms with Gasteiger partial charge >= 0.3 is 0 Å². The van der Waals surface area contributed by atoms with Crippen LogP contribution in [0, 0.1) is 6.92 Å². The van der Waals surface area contributed by atoms with Crippen molar-refractivity contribution in [3.8, 4) is 0 Å². The molecule has 1 unspecified atom stereocenters. The van der Waals surface area contributed by atoms with E-state index in [0.717, 1.165) is 16.7 Å². The Morgan fingerprint density at radius 1 is 1.10 bits per heavy atom. The highest BCUT2D eigenvalue weighted by Crippen LogP contribution is 2.23. The summed E-state index contributed by atoms with van der Waals surface area (Å²) >= 11 is 3.52. The summed E-state index contributed by atoms with van der Waals surface area (Å²) in [6.07, 6.45) is 0.405. The van der Waals surface area contributed by atoms with E-state index >= 15 is 0 Å². The van der Waals surface area contributed by atoms with Gasteiger partial charge in [-0.2, -0.15) is 0 Å². The second-order valence-electron chi connectivity index (χ2n) is 5.48. The highest BCUT2D eigenvalue weighted by molar-refractivity contribution is 9.09. The third-order valence-electron chi connectivity index (χ3n) is 3.71. The number of halogens is 1. The molecule has 2 aromatic rings. The van der Waals surface area contributed by atoms with Gasteiger partial charge < -0.3 is 5.32 Å². The molecule has 0 fully saturated rings. The lowest BCUT2D eigenvalue weighted by Gasteiger charge is -2.29. The molecule has 0 saturated carbocycles. The monoisotopic (exact) mass is 345 g/mol. The van der Waals surface area contributed by atoms with Gasteiger partial charge in [0.2, 0.25) is 5.91 Å². The van der Waals surface area contributed by atoms with Crippen LogP contribution in [0.25, 0.3) is 0 Å². The smallest absolute Gasteiger partial charge is 0.225 e. The molecule has 0 aromatic heterocycles. The van der Waals surface area contributed by atoms with E-state index in [1.54, 1.807) is 0 Å². The van der Waals surface area contributed by atoms with Gasteiger partial charge in [0.05, 0.1) is 12.0 Å². The van der Waals surface area contributed by atoms with Gasteiger partial charge in [0.25, 0.3) is 0 Å².